The average Bonchev–Trinajstić information content (AvgIpc) is 2.99. The van der Waals surface area contributed by atoms with Crippen LogP contribution in [-0.4, -0.2) is 70.7 Å². The van der Waals surface area contributed by atoms with E-state index in [1.54, 1.807) is 24.3 Å². The van der Waals surface area contributed by atoms with Gasteiger partial charge in [-0.25, -0.2) is 0 Å². The lowest BCUT2D eigenvalue weighted by Gasteiger charge is -2.24. The predicted octanol–water partition coefficient (Wildman–Crippen LogP) is 4.79. The summed E-state index contributed by atoms with van der Waals surface area (Å²) in [5, 5.41) is 5.94. The topological polar surface area (TPSA) is 119 Å². The summed E-state index contributed by atoms with van der Waals surface area (Å²) in [7, 11) is 0. The number of fused-ring (bicyclic) bond motifs is 2. The highest BCUT2D eigenvalue weighted by molar-refractivity contribution is 5.94. The number of nitrogens with one attached hydrogen (secondary N) is 2. The molecule has 2 amide bonds. The molecule has 0 atom stereocenters. The standard InChI is InChI=1S/C31H37F3N6O4/c1-21(2)28(42)40-15-5-3-4-14-35-27(41)24-10-6-22(7-11-24)18-26-37-29(39-30(38-26)44-20-31(32,33)34)36-19-23-8-12-25(13-9-23)43-17-16-40/h6-13,21H,3-5,14-20H2,1-2H3,(H,35,41)(H,36,37,38,39). The first-order valence-electron chi connectivity index (χ1n) is 14.6. The SMILES string of the molecule is CC(C)C(=O)N1CCCCCNC(=O)c2ccc(cc2)Cc2nc(nc(OCC(F)(F)F)n2)NCc2ccc(cc2)OCC1. The van der Waals surface area contributed by atoms with Crippen molar-refractivity contribution < 1.29 is 32.2 Å². The monoisotopic (exact) mass is 614 g/mol. The number of ether oxygens (including phenoxy) is 2. The Balaban J connectivity index is 1.53. The van der Waals surface area contributed by atoms with Gasteiger partial charge in [0.05, 0.1) is 6.54 Å². The minimum atomic E-state index is -4.55. The van der Waals surface area contributed by atoms with E-state index in [0.717, 1.165) is 30.4 Å². The number of hydrogen-bond donors (Lipinski definition) is 2. The smallest absolute Gasteiger partial charge is 0.422 e. The Morgan fingerprint density at radius 1 is 0.955 bits per heavy atom. The molecule has 0 saturated carbocycles. The Bertz CT molecular complexity index is 1380. The predicted molar refractivity (Wildman–Crippen MR) is 157 cm³/mol. The van der Waals surface area contributed by atoms with E-state index in [1.165, 1.54) is 0 Å². The van der Waals surface area contributed by atoms with Crippen LogP contribution < -0.4 is 20.1 Å². The van der Waals surface area contributed by atoms with Gasteiger partial charge in [0.25, 0.3) is 5.91 Å². The Hall–Kier alpha value is -4.42. The van der Waals surface area contributed by atoms with Gasteiger partial charge in [-0.1, -0.05) is 38.1 Å². The van der Waals surface area contributed by atoms with Crippen molar-refractivity contribution in [2.75, 3.05) is 38.2 Å². The van der Waals surface area contributed by atoms with E-state index >= 15 is 0 Å². The maximum absolute atomic E-state index is 12.8. The highest BCUT2D eigenvalue weighted by atomic mass is 19.4. The zero-order valence-electron chi connectivity index (χ0n) is 24.8. The van der Waals surface area contributed by atoms with Crippen molar-refractivity contribution in [1.29, 1.82) is 0 Å². The molecule has 0 spiro atoms. The summed E-state index contributed by atoms with van der Waals surface area (Å²) in [6.45, 7) is 4.39. The van der Waals surface area contributed by atoms with Crippen LogP contribution in [0.2, 0.25) is 0 Å². The van der Waals surface area contributed by atoms with Crippen LogP contribution in [0.4, 0.5) is 19.1 Å². The summed E-state index contributed by atoms with van der Waals surface area (Å²) in [5.41, 5.74) is 2.08. The lowest BCUT2D eigenvalue weighted by atomic mass is 10.1. The third-order valence-electron chi connectivity index (χ3n) is 6.80. The largest absolute Gasteiger partial charge is 0.492 e. The lowest BCUT2D eigenvalue weighted by molar-refractivity contribution is -0.154. The second-order valence-corrected chi connectivity index (χ2v) is 10.8. The van der Waals surface area contributed by atoms with Gasteiger partial charge < -0.3 is 25.0 Å². The highest BCUT2D eigenvalue weighted by Crippen LogP contribution is 2.19. The molecule has 0 aliphatic carbocycles. The quantitative estimate of drug-likeness (QED) is 0.433. The van der Waals surface area contributed by atoms with Crippen LogP contribution in [0.3, 0.4) is 0 Å². The summed E-state index contributed by atoms with van der Waals surface area (Å²) in [6.07, 6.45) is -1.94. The molecule has 44 heavy (non-hydrogen) atoms. The Labute approximate surface area is 254 Å². The maximum atomic E-state index is 12.8. The number of nitrogens with zero attached hydrogens (tertiary/aromatic N) is 4. The van der Waals surface area contributed by atoms with E-state index in [9.17, 15) is 22.8 Å². The molecule has 2 N–H and O–H groups in total. The number of rotatable bonds is 3. The van der Waals surface area contributed by atoms with E-state index in [0.29, 0.717) is 37.6 Å². The molecule has 0 saturated heterocycles. The van der Waals surface area contributed by atoms with Crippen LogP contribution in [-0.2, 0) is 17.8 Å². The van der Waals surface area contributed by atoms with Crippen molar-refractivity contribution >= 4 is 17.8 Å². The van der Waals surface area contributed by atoms with Crippen molar-refractivity contribution in [1.82, 2.24) is 25.2 Å². The minimum absolute atomic E-state index is 0.0592. The lowest BCUT2D eigenvalue weighted by Crippen LogP contribution is -2.38. The van der Waals surface area contributed by atoms with Crippen molar-refractivity contribution in [3.05, 3.63) is 71.0 Å². The van der Waals surface area contributed by atoms with Crippen LogP contribution in [0.1, 0.15) is 60.4 Å². The molecule has 3 aliphatic rings. The van der Waals surface area contributed by atoms with Gasteiger partial charge in [0, 0.05) is 37.5 Å². The number of anilines is 1. The van der Waals surface area contributed by atoms with Gasteiger partial charge in [0.15, 0.2) is 6.61 Å². The summed E-state index contributed by atoms with van der Waals surface area (Å²) in [6, 6.07) is 13.7. The van der Waals surface area contributed by atoms with Crippen LogP contribution in [0, 0.1) is 5.92 Å². The van der Waals surface area contributed by atoms with Gasteiger partial charge >= 0.3 is 12.2 Å². The molecule has 0 fully saturated rings. The van der Waals surface area contributed by atoms with Crippen LogP contribution in [0.25, 0.3) is 0 Å². The molecule has 4 heterocycles. The van der Waals surface area contributed by atoms with E-state index in [-0.39, 0.29) is 42.5 Å². The fourth-order valence-corrected chi connectivity index (χ4v) is 4.49. The summed E-state index contributed by atoms with van der Waals surface area (Å²) in [5.74, 6) is 0.633. The molecule has 3 aliphatic heterocycles. The Morgan fingerprint density at radius 2 is 1.68 bits per heavy atom. The number of alkyl halides is 3. The zero-order valence-corrected chi connectivity index (χ0v) is 24.8. The van der Waals surface area contributed by atoms with Crippen LogP contribution >= 0.6 is 0 Å². The third-order valence-corrected chi connectivity index (χ3v) is 6.80. The minimum Gasteiger partial charge on any atom is -0.492 e. The number of amides is 2. The second kappa shape index (κ2) is 15.3. The fourth-order valence-electron chi connectivity index (χ4n) is 4.49. The fraction of sp³-hybridized carbons (Fsp3) is 0.452. The van der Waals surface area contributed by atoms with Gasteiger partial charge in [0.2, 0.25) is 11.9 Å². The molecule has 10 nitrogen and oxygen atoms in total. The van der Waals surface area contributed by atoms with Gasteiger partial charge in [0.1, 0.15) is 18.2 Å². The molecular formula is C31H37F3N6O4. The van der Waals surface area contributed by atoms with Gasteiger partial charge in [-0.05, 0) is 54.7 Å². The summed E-state index contributed by atoms with van der Waals surface area (Å²) < 4.78 is 49.1. The number of carbonyl (C=O) groups is 2. The van der Waals surface area contributed by atoms with Gasteiger partial charge in [-0.15, -0.1) is 0 Å². The van der Waals surface area contributed by atoms with Crippen LogP contribution in [0.5, 0.6) is 11.8 Å². The average molecular weight is 615 g/mol. The van der Waals surface area contributed by atoms with Crippen molar-refractivity contribution in [2.45, 2.75) is 52.3 Å². The van der Waals surface area contributed by atoms with E-state index < -0.39 is 18.8 Å². The Morgan fingerprint density at radius 3 is 2.39 bits per heavy atom. The van der Waals surface area contributed by atoms with Gasteiger partial charge in [-0.3, -0.25) is 9.59 Å². The first-order valence-corrected chi connectivity index (χ1v) is 14.6. The Kier molecular flexibility index (Phi) is 11.3. The molecule has 3 aromatic rings. The second-order valence-electron chi connectivity index (χ2n) is 10.8. The highest BCUT2D eigenvalue weighted by Gasteiger charge is 2.29. The number of hydrogen-bond acceptors (Lipinski definition) is 8. The van der Waals surface area contributed by atoms with E-state index in [4.69, 9.17) is 9.47 Å². The number of halogens is 3. The summed E-state index contributed by atoms with van der Waals surface area (Å²) >= 11 is 0. The number of benzene rings is 2. The van der Waals surface area contributed by atoms with Crippen molar-refractivity contribution in [3.63, 3.8) is 0 Å². The van der Waals surface area contributed by atoms with Gasteiger partial charge in [-0.2, -0.15) is 28.1 Å². The summed E-state index contributed by atoms with van der Waals surface area (Å²) in [4.78, 5) is 39.6. The number of carbonyl (C=O) groups excluding carboxylic acids is 2. The maximum Gasteiger partial charge on any atom is 0.422 e. The molecule has 1 aromatic heterocycles. The molecule has 0 unspecified atom stereocenters. The molecule has 2 aromatic carbocycles. The molecule has 236 valence electrons. The van der Waals surface area contributed by atoms with Crippen molar-refractivity contribution in [3.8, 4) is 11.8 Å². The van der Waals surface area contributed by atoms with E-state index in [2.05, 4.69) is 25.6 Å². The van der Waals surface area contributed by atoms with Crippen molar-refractivity contribution in [2.24, 2.45) is 5.92 Å². The molecule has 6 bridgehead atoms. The molecule has 6 rings (SSSR count). The zero-order chi connectivity index (χ0) is 31.5. The number of aromatic nitrogens is 3. The normalized spacial score (nSPS) is 15.5. The first kappa shape index (κ1) is 32.5. The molecule has 0 radical (unpaired) electrons. The van der Waals surface area contributed by atoms with Crippen LogP contribution in [0.15, 0.2) is 48.5 Å². The third kappa shape index (κ3) is 10.4. The molecule has 13 heteroatoms. The first-order chi connectivity index (χ1) is 21.1. The van der Waals surface area contributed by atoms with E-state index in [1.807, 2.05) is 43.0 Å². The molecular weight excluding hydrogens is 577 g/mol.